The maximum absolute atomic E-state index is 12.7. The van der Waals surface area contributed by atoms with Crippen LogP contribution in [-0.4, -0.2) is 123 Å². The van der Waals surface area contributed by atoms with Gasteiger partial charge in [-0.1, -0.05) is 38.2 Å². The van der Waals surface area contributed by atoms with Crippen molar-refractivity contribution in [2.24, 2.45) is 5.73 Å². The average Bonchev–Trinajstić information content (AvgIpc) is 1.66. The number of fused-ring (bicyclic) bond motifs is 4. The number of aromatic nitrogens is 5. The van der Waals surface area contributed by atoms with Crippen LogP contribution in [0.2, 0.25) is 0 Å². The number of thiophene rings is 4. The Morgan fingerprint density at radius 3 is 1.26 bits per heavy atom. The van der Waals surface area contributed by atoms with Gasteiger partial charge in [-0.3, -0.25) is 59.6 Å². The molecule has 0 spiro atoms. The summed E-state index contributed by atoms with van der Waals surface area (Å²) in [5, 5.41) is 29.9. The predicted molar refractivity (Wildman–Crippen MR) is 427 cm³/mol. The third-order valence-corrected chi connectivity index (χ3v) is 22.8. The lowest BCUT2D eigenvalue weighted by Gasteiger charge is -2.13. The Kier molecular flexibility index (Phi) is 27.5. The SMILES string of the molecule is CCOC(=O)NC(=O)c1ccsc1NC(=O)c1ccc2sc(C(C)(C)C)nc2c1.CCOC(=O)NC(=O)c1ccsc1NC(=O)c1ccc2sc(C3CC3)nc2c1.CCOC(=O)NC(=O)c1ccsc1NC(=O)c1nc2cc(CN)cnc2s1.CCOC(=O)NC(=O)c1ccsc1NC(=O)c1nc2ccc(C)cc2s1. The van der Waals surface area contributed by atoms with Crippen molar-refractivity contribution in [2.45, 2.75) is 86.1 Å². The van der Waals surface area contributed by atoms with Crippen molar-refractivity contribution in [3.63, 3.8) is 0 Å². The fourth-order valence-corrected chi connectivity index (χ4v) is 16.5. The zero-order chi connectivity index (χ0) is 78.9. The van der Waals surface area contributed by atoms with Crippen LogP contribution in [0.15, 0.2) is 113 Å². The lowest BCUT2D eigenvalue weighted by Crippen LogP contribution is -2.31. The van der Waals surface area contributed by atoms with Gasteiger partial charge in [-0.2, -0.15) is 0 Å². The number of aryl methyl sites for hydroxylation is 1. The van der Waals surface area contributed by atoms with E-state index in [1.807, 2.05) is 37.3 Å². The quantitative estimate of drug-likeness (QED) is 0.0360. The highest BCUT2D eigenvalue weighted by Crippen LogP contribution is 2.43. The van der Waals surface area contributed by atoms with Crippen LogP contribution in [0, 0.1) is 6.92 Å². The number of anilines is 4. The summed E-state index contributed by atoms with van der Waals surface area (Å²) < 4.78 is 21.8. The smallest absolute Gasteiger partial charge is 0.414 e. The van der Waals surface area contributed by atoms with E-state index < -0.39 is 59.8 Å². The Balaban J connectivity index is 0.000000156. The fraction of sp³-hybridized carbons (Fsp3) is 0.236. The normalized spacial score (nSPS) is 11.5. The molecule has 0 radical (unpaired) electrons. The lowest BCUT2D eigenvalue weighted by atomic mass is 9.98. The maximum atomic E-state index is 12.7. The van der Waals surface area contributed by atoms with Gasteiger partial charge < -0.3 is 45.9 Å². The number of pyridine rings is 1. The molecule has 1 aliphatic carbocycles. The highest BCUT2D eigenvalue weighted by atomic mass is 32.1. The summed E-state index contributed by atoms with van der Waals surface area (Å²) in [5.74, 6) is -3.56. The van der Waals surface area contributed by atoms with E-state index in [1.165, 1.54) is 76.4 Å². The molecule has 9 aromatic heterocycles. The second-order valence-electron chi connectivity index (χ2n) is 24.0. The van der Waals surface area contributed by atoms with Gasteiger partial charge in [-0.15, -0.1) is 79.4 Å². The van der Waals surface area contributed by atoms with Crippen LogP contribution >= 0.6 is 90.7 Å². The molecule has 1 fully saturated rings. The van der Waals surface area contributed by atoms with Crippen molar-refractivity contribution < 1.29 is 76.5 Å². The first kappa shape index (κ1) is 81.3. The molecule has 110 heavy (non-hydrogen) atoms. The molecule has 12 aromatic rings. The van der Waals surface area contributed by atoms with Gasteiger partial charge in [0.1, 0.15) is 30.4 Å². The summed E-state index contributed by atoms with van der Waals surface area (Å²) in [6.45, 7) is 15.8. The van der Waals surface area contributed by atoms with Crippen molar-refractivity contribution in [3.8, 4) is 0 Å². The monoisotopic (exact) mass is 1640 g/mol. The van der Waals surface area contributed by atoms with Crippen molar-refractivity contribution in [1.82, 2.24) is 46.2 Å². The average molecular weight is 1640 g/mol. The van der Waals surface area contributed by atoms with E-state index in [2.05, 4.69) is 97.7 Å². The molecule has 1 aliphatic rings. The van der Waals surface area contributed by atoms with E-state index in [4.69, 9.17) is 15.2 Å². The van der Waals surface area contributed by atoms with Gasteiger partial charge >= 0.3 is 24.4 Å². The van der Waals surface area contributed by atoms with Gasteiger partial charge in [-0.25, -0.2) is 44.1 Å². The van der Waals surface area contributed by atoms with Crippen LogP contribution in [0.25, 0.3) is 41.0 Å². The highest BCUT2D eigenvalue weighted by Gasteiger charge is 2.29. The minimum absolute atomic E-state index is 0.0652. The Hall–Kier alpha value is -11.2. The molecule has 0 aliphatic heterocycles. The molecule has 9 heterocycles. The number of ether oxygens (including phenoxy) is 4. The van der Waals surface area contributed by atoms with Gasteiger partial charge in [0, 0.05) is 35.2 Å². The van der Waals surface area contributed by atoms with Crippen molar-refractivity contribution in [2.75, 3.05) is 47.7 Å². The third kappa shape index (κ3) is 21.4. The summed E-state index contributed by atoms with van der Waals surface area (Å²) >= 11 is 10.4. The number of alkyl carbamates (subject to hydrolysis) is 4. The van der Waals surface area contributed by atoms with Gasteiger partial charge in [0.25, 0.3) is 47.3 Å². The summed E-state index contributed by atoms with van der Waals surface area (Å²) in [7, 11) is 0. The molecule has 0 saturated heterocycles. The Morgan fingerprint density at radius 2 is 0.845 bits per heavy atom. The lowest BCUT2D eigenvalue weighted by molar-refractivity contribution is 0.0912. The second-order valence-corrected chi connectivity index (χ2v) is 31.8. The van der Waals surface area contributed by atoms with Crippen LogP contribution < -0.4 is 48.3 Å². The Morgan fingerprint density at radius 1 is 0.436 bits per heavy atom. The number of carbonyl (C=O) groups excluding carboxylic acids is 12. The summed E-state index contributed by atoms with van der Waals surface area (Å²) in [6, 6.07) is 24.4. The van der Waals surface area contributed by atoms with Gasteiger partial charge in [0.2, 0.25) is 0 Å². The van der Waals surface area contributed by atoms with Crippen LogP contribution in [0.1, 0.15) is 170 Å². The molecule has 1 saturated carbocycles. The minimum atomic E-state index is -0.848. The number of benzene rings is 3. The van der Waals surface area contributed by atoms with Gasteiger partial charge in [0.05, 0.1) is 89.3 Å². The molecule has 0 unspecified atom stereocenters. The maximum Gasteiger partial charge on any atom is 0.414 e. The zero-order valence-electron chi connectivity index (χ0n) is 59.6. The molecular weight excluding hydrogens is 1570 g/mol. The fourth-order valence-electron chi connectivity index (χ4n) is 9.50. The molecule has 13 rings (SSSR count). The van der Waals surface area contributed by atoms with Gasteiger partial charge in [-0.05, 0) is 159 Å². The molecule has 38 heteroatoms. The van der Waals surface area contributed by atoms with Crippen molar-refractivity contribution in [3.05, 3.63) is 177 Å². The number of nitrogens with two attached hydrogens (primary N) is 1. The number of nitrogens with zero attached hydrogens (tertiary/aromatic N) is 5. The first-order chi connectivity index (χ1) is 52.7. The van der Waals surface area contributed by atoms with E-state index >= 15 is 0 Å². The minimum Gasteiger partial charge on any atom is -0.450 e. The van der Waals surface area contributed by atoms with Crippen LogP contribution in [0.5, 0.6) is 0 Å². The topological polar surface area (TPSA) is 428 Å². The summed E-state index contributed by atoms with van der Waals surface area (Å²) in [4.78, 5) is 167. The van der Waals surface area contributed by atoms with E-state index in [-0.39, 0.29) is 70.9 Å². The zero-order valence-corrected chi connectivity index (χ0v) is 66.1. The first-order valence-electron chi connectivity index (χ1n) is 33.3. The second kappa shape index (κ2) is 37.3. The first-order valence-corrected chi connectivity index (χ1v) is 40.1. The molecule has 10 N–H and O–H groups in total. The molecule has 12 amide bonds. The largest absolute Gasteiger partial charge is 0.450 e. The number of thiazole rings is 4. The van der Waals surface area contributed by atoms with Crippen LogP contribution in [0.4, 0.5) is 39.2 Å². The molecule has 0 atom stereocenters. The Labute approximate surface area is 658 Å². The highest BCUT2D eigenvalue weighted by molar-refractivity contribution is 7.21. The van der Waals surface area contributed by atoms with Gasteiger partial charge in [0.15, 0.2) is 10.0 Å². The number of hydrogen-bond acceptors (Lipinski definition) is 30. The standard InChI is InChI=1S/C20H21N3O4S2.C19H17N3O4S2.C17H15N3O4S2.C16H15N5O4S2/c1-5-27-19(26)23-16(25)12-8-9-28-17(12)22-15(24)11-6-7-14-13(10-11)21-18(29-14)20(2,3)4;1-2-26-19(25)22-16(24)12-7-8-27-18(12)21-15(23)11-5-6-14-13(9-11)20-17(28-14)10-3-4-10;1-3-24-17(23)20-13(21)10-6-7-25-15(10)19-14(22)16-18-11-5-4-9(2)8-12(11)26-16;1-2-25-16(24)21-11(22)9-3-4-26-13(9)20-12(23)15-19-10-5-8(6-17)7-18-14(10)27-15/h6-10H,5H2,1-4H3,(H,22,24)(H,23,25,26);5-10H,2-4H2,1H3,(H,21,23)(H,22,24,25);4-8H,3H2,1-2H3,(H,19,22)(H,20,21,23);3-5,7H,2,6,17H2,1H3,(H,20,23)(H,21,22,24). The predicted octanol–water partition coefficient (Wildman–Crippen LogP) is 15.3. The number of carbonyl (C=O) groups is 12. The van der Waals surface area contributed by atoms with E-state index in [0.717, 1.165) is 74.5 Å². The van der Waals surface area contributed by atoms with Crippen LogP contribution in [-0.2, 0) is 30.9 Å². The van der Waals surface area contributed by atoms with E-state index in [0.29, 0.717) is 58.9 Å². The third-order valence-electron chi connectivity index (χ3n) is 14.9. The van der Waals surface area contributed by atoms with Crippen LogP contribution in [0.3, 0.4) is 0 Å². The summed E-state index contributed by atoms with van der Waals surface area (Å²) in [6.07, 6.45) is 0.673. The van der Waals surface area contributed by atoms with Crippen molar-refractivity contribution in [1.29, 1.82) is 0 Å². The number of imide groups is 4. The number of hydrogen-bond donors (Lipinski definition) is 9. The Bertz CT molecular complexity index is 5480. The molecular formula is C72H68N14O16S8. The van der Waals surface area contributed by atoms with E-state index in [1.54, 1.807) is 114 Å². The number of rotatable bonds is 18. The molecule has 570 valence electrons. The molecule has 3 aromatic carbocycles. The number of nitrogens with one attached hydrogen (secondary N) is 8. The van der Waals surface area contributed by atoms with E-state index in [9.17, 15) is 57.5 Å². The molecule has 0 bridgehead atoms. The number of amides is 12. The summed E-state index contributed by atoms with van der Waals surface area (Å²) in [5.41, 5.74) is 12.0. The molecule has 30 nitrogen and oxygen atoms in total. The van der Waals surface area contributed by atoms with Crippen molar-refractivity contribution >= 4 is 223 Å².